The first-order valence-electron chi connectivity index (χ1n) is 6.69. The highest BCUT2D eigenvalue weighted by Crippen LogP contribution is 2.14. The molecule has 2 aromatic rings. The third kappa shape index (κ3) is 2.34. The van der Waals surface area contributed by atoms with E-state index in [4.69, 9.17) is 0 Å². The molecule has 0 saturated carbocycles. The van der Waals surface area contributed by atoms with Crippen molar-refractivity contribution < 1.29 is 9.59 Å². The first-order chi connectivity index (χ1) is 9.75. The second kappa shape index (κ2) is 5.28. The molecule has 0 atom stereocenters. The molecule has 2 aromatic heterocycles. The van der Waals surface area contributed by atoms with E-state index in [1.54, 1.807) is 30.5 Å². The molecule has 1 amide bonds. The van der Waals surface area contributed by atoms with Gasteiger partial charge in [-0.25, -0.2) is 0 Å². The third-order valence-electron chi connectivity index (χ3n) is 3.48. The fraction of sp³-hybridized carbons (Fsp3) is 0.267. The predicted molar refractivity (Wildman–Crippen MR) is 73.6 cm³/mol. The third-order valence-corrected chi connectivity index (χ3v) is 3.48. The van der Waals surface area contributed by atoms with Gasteiger partial charge in [-0.1, -0.05) is 0 Å². The molecular formula is C15H15N3O2. The summed E-state index contributed by atoms with van der Waals surface area (Å²) in [7, 11) is 0. The van der Waals surface area contributed by atoms with E-state index in [9.17, 15) is 9.59 Å². The number of amides is 1. The van der Waals surface area contributed by atoms with Gasteiger partial charge in [0.2, 0.25) is 5.78 Å². The van der Waals surface area contributed by atoms with Crippen LogP contribution in [-0.4, -0.2) is 39.6 Å². The van der Waals surface area contributed by atoms with Crippen LogP contribution < -0.4 is 0 Å². The minimum atomic E-state index is -0.154. The molecule has 0 aromatic carbocycles. The van der Waals surface area contributed by atoms with Crippen molar-refractivity contribution in [2.24, 2.45) is 0 Å². The number of rotatable bonds is 3. The van der Waals surface area contributed by atoms with Gasteiger partial charge in [0.15, 0.2) is 0 Å². The zero-order valence-corrected chi connectivity index (χ0v) is 11.0. The minimum absolute atomic E-state index is 0.0345. The van der Waals surface area contributed by atoms with Crippen molar-refractivity contribution in [1.29, 1.82) is 0 Å². The van der Waals surface area contributed by atoms with Crippen molar-refractivity contribution in [3.8, 4) is 0 Å². The van der Waals surface area contributed by atoms with E-state index >= 15 is 0 Å². The van der Waals surface area contributed by atoms with Crippen LogP contribution >= 0.6 is 0 Å². The first-order valence-corrected chi connectivity index (χ1v) is 6.69. The van der Waals surface area contributed by atoms with E-state index < -0.39 is 0 Å². The maximum Gasteiger partial charge on any atom is 0.270 e. The van der Waals surface area contributed by atoms with Crippen LogP contribution in [-0.2, 0) is 0 Å². The number of carbonyl (C=O) groups excluding carboxylic acids is 2. The van der Waals surface area contributed by atoms with E-state index in [2.05, 4.69) is 9.97 Å². The molecule has 3 heterocycles. The summed E-state index contributed by atoms with van der Waals surface area (Å²) in [5.74, 6) is -0.189. The highest BCUT2D eigenvalue weighted by atomic mass is 16.2. The van der Waals surface area contributed by atoms with E-state index in [-0.39, 0.29) is 11.7 Å². The summed E-state index contributed by atoms with van der Waals surface area (Å²) >= 11 is 0. The summed E-state index contributed by atoms with van der Waals surface area (Å²) in [6.45, 7) is 1.59. The average Bonchev–Trinajstić information content (AvgIpc) is 3.18. The highest BCUT2D eigenvalue weighted by molar-refractivity contribution is 6.08. The van der Waals surface area contributed by atoms with Crippen LogP contribution in [0.15, 0.2) is 36.7 Å². The fourth-order valence-electron chi connectivity index (χ4n) is 2.40. The molecular weight excluding hydrogens is 254 g/mol. The Hall–Kier alpha value is -2.43. The van der Waals surface area contributed by atoms with Crippen LogP contribution in [0.25, 0.3) is 0 Å². The molecule has 102 valence electrons. The van der Waals surface area contributed by atoms with Gasteiger partial charge >= 0.3 is 0 Å². The van der Waals surface area contributed by atoms with Gasteiger partial charge in [-0.05, 0) is 37.1 Å². The van der Waals surface area contributed by atoms with Crippen LogP contribution in [0.4, 0.5) is 0 Å². The van der Waals surface area contributed by atoms with Crippen LogP contribution in [0.5, 0.6) is 0 Å². The largest absolute Gasteiger partial charge is 0.348 e. The Morgan fingerprint density at radius 1 is 1.10 bits per heavy atom. The maximum atomic E-state index is 12.2. The summed E-state index contributed by atoms with van der Waals surface area (Å²) in [6.07, 6.45) is 5.24. The van der Waals surface area contributed by atoms with Crippen molar-refractivity contribution in [2.75, 3.05) is 13.1 Å². The Labute approximate surface area is 116 Å². The number of H-pyrrole nitrogens is 1. The zero-order chi connectivity index (χ0) is 13.9. The zero-order valence-electron chi connectivity index (χ0n) is 11.0. The number of nitrogens with zero attached hydrogens (tertiary/aromatic N) is 2. The number of ketones is 1. The lowest BCUT2D eigenvalue weighted by Gasteiger charge is -2.13. The van der Waals surface area contributed by atoms with Gasteiger partial charge in [0, 0.05) is 31.0 Å². The first kappa shape index (κ1) is 12.6. The smallest absolute Gasteiger partial charge is 0.270 e. The molecule has 5 nitrogen and oxygen atoms in total. The molecule has 1 aliphatic heterocycles. The Balaban J connectivity index is 1.80. The summed E-state index contributed by atoms with van der Waals surface area (Å²) in [5, 5.41) is 0. The van der Waals surface area contributed by atoms with Crippen LogP contribution in [0.3, 0.4) is 0 Å². The number of hydrogen-bond donors (Lipinski definition) is 1. The lowest BCUT2D eigenvalue weighted by atomic mass is 10.1. The predicted octanol–water partition coefficient (Wildman–Crippen LogP) is 1.88. The Morgan fingerprint density at radius 3 is 2.55 bits per heavy atom. The molecule has 5 heteroatoms. The molecule has 0 spiro atoms. The molecule has 1 saturated heterocycles. The summed E-state index contributed by atoms with van der Waals surface area (Å²) < 4.78 is 0. The van der Waals surface area contributed by atoms with Gasteiger partial charge in [-0.15, -0.1) is 0 Å². The number of nitrogens with one attached hydrogen (secondary N) is 1. The van der Waals surface area contributed by atoms with Gasteiger partial charge in [0.1, 0.15) is 5.69 Å². The van der Waals surface area contributed by atoms with Gasteiger partial charge in [0.25, 0.3) is 5.91 Å². The number of carbonyl (C=O) groups is 2. The molecule has 0 radical (unpaired) electrons. The van der Waals surface area contributed by atoms with Crippen molar-refractivity contribution >= 4 is 11.7 Å². The monoisotopic (exact) mass is 269 g/mol. The van der Waals surface area contributed by atoms with E-state index in [0.717, 1.165) is 25.9 Å². The van der Waals surface area contributed by atoms with Crippen LogP contribution in [0, 0.1) is 0 Å². The van der Waals surface area contributed by atoms with E-state index in [1.165, 1.54) is 6.20 Å². The van der Waals surface area contributed by atoms with Gasteiger partial charge in [-0.3, -0.25) is 14.6 Å². The number of likely N-dealkylation sites (tertiary alicyclic amines) is 1. The van der Waals surface area contributed by atoms with Crippen LogP contribution in [0.1, 0.15) is 39.4 Å². The van der Waals surface area contributed by atoms with Crippen molar-refractivity contribution in [3.63, 3.8) is 0 Å². The standard InChI is InChI=1S/C15H15N3O2/c19-14(11-4-3-7-16-10-11)12-5-6-13(17-12)15(20)18-8-1-2-9-18/h3-7,10,17H,1-2,8-9H2. The van der Waals surface area contributed by atoms with Gasteiger partial charge in [0.05, 0.1) is 5.69 Å². The SMILES string of the molecule is O=C(c1cccnc1)c1ccc(C(=O)N2CCCC2)[nH]1. The lowest BCUT2D eigenvalue weighted by Crippen LogP contribution is -2.27. The quantitative estimate of drug-likeness (QED) is 0.865. The summed E-state index contributed by atoms with van der Waals surface area (Å²) in [6, 6.07) is 6.74. The normalized spacial score (nSPS) is 14.5. The topological polar surface area (TPSA) is 66.1 Å². The van der Waals surface area contributed by atoms with Crippen LogP contribution in [0.2, 0.25) is 0 Å². The number of hydrogen-bond acceptors (Lipinski definition) is 3. The minimum Gasteiger partial charge on any atom is -0.348 e. The van der Waals surface area contributed by atoms with Crippen molar-refractivity contribution in [1.82, 2.24) is 14.9 Å². The molecule has 3 rings (SSSR count). The second-order valence-corrected chi connectivity index (χ2v) is 4.86. The second-order valence-electron chi connectivity index (χ2n) is 4.86. The van der Waals surface area contributed by atoms with Crippen molar-refractivity contribution in [2.45, 2.75) is 12.8 Å². The highest BCUT2D eigenvalue weighted by Gasteiger charge is 2.21. The fourth-order valence-corrected chi connectivity index (χ4v) is 2.40. The number of aromatic amines is 1. The Bertz CT molecular complexity index is 628. The molecule has 1 aliphatic rings. The van der Waals surface area contributed by atoms with Gasteiger partial charge < -0.3 is 9.88 Å². The molecule has 0 bridgehead atoms. The van der Waals surface area contributed by atoms with Gasteiger partial charge in [-0.2, -0.15) is 0 Å². The average molecular weight is 269 g/mol. The lowest BCUT2D eigenvalue weighted by molar-refractivity contribution is 0.0787. The maximum absolute atomic E-state index is 12.2. The van der Waals surface area contributed by atoms with Crippen molar-refractivity contribution in [3.05, 3.63) is 53.6 Å². The molecule has 0 aliphatic carbocycles. The van der Waals surface area contributed by atoms with E-state index in [1.807, 2.05) is 4.90 Å². The Kier molecular flexibility index (Phi) is 3.33. The summed E-state index contributed by atoms with van der Waals surface area (Å²) in [5.41, 5.74) is 1.40. The molecule has 20 heavy (non-hydrogen) atoms. The molecule has 1 N–H and O–H groups in total. The molecule has 1 fully saturated rings. The molecule has 0 unspecified atom stereocenters. The van der Waals surface area contributed by atoms with E-state index in [0.29, 0.717) is 17.0 Å². The Morgan fingerprint density at radius 2 is 1.85 bits per heavy atom. The summed E-state index contributed by atoms with van der Waals surface area (Å²) in [4.78, 5) is 33.1. The number of pyridine rings is 1. The number of aromatic nitrogens is 2.